The van der Waals surface area contributed by atoms with E-state index >= 15 is 0 Å². The predicted octanol–water partition coefficient (Wildman–Crippen LogP) is 0.794. The van der Waals surface area contributed by atoms with E-state index < -0.39 is 53.4 Å². The Morgan fingerprint density at radius 1 is 1.30 bits per heavy atom. The maximum Gasteiger partial charge on any atom is 0.490 e. The molecule has 7 N–H and O–H groups in total. The van der Waals surface area contributed by atoms with Crippen LogP contribution in [-0.2, 0) is 31.6 Å². The van der Waals surface area contributed by atoms with Gasteiger partial charge in [0.2, 0.25) is 4.77 Å². The van der Waals surface area contributed by atoms with Crippen molar-refractivity contribution in [1.29, 1.82) is 0 Å². The molecule has 30 heavy (non-hydrogen) atoms. The van der Waals surface area contributed by atoms with Crippen LogP contribution in [0.3, 0.4) is 0 Å². The summed E-state index contributed by atoms with van der Waals surface area (Å²) in [4.78, 5) is 38.0. The SMILES string of the molecule is CC1(Cl)[C@@H](O)[C@@H](COP(=O)(O)OP(=O)(O)OP(=O)(O)O)O[C@H]1n1ccc(N)nc1=S. The molecule has 1 aliphatic heterocycles. The molecule has 0 aromatic carbocycles. The number of phosphoric ester groups is 1. The van der Waals surface area contributed by atoms with Crippen LogP contribution in [0.5, 0.6) is 0 Å². The van der Waals surface area contributed by atoms with Crippen molar-refractivity contribution >= 4 is 53.1 Å². The number of nitrogens with zero attached hydrogens (tertiary/aromatic N) is 2. The zero-order valence-electron chi connectivity index (χ0n) is 14.8. The molecule has 2 heterocycles. The van der Waals surface area contributed by atoms with Crippen molar-refractivity contribution in [3.8, 4) is 0 Å². The van der Waals surface area contributed by atoms with Crippen LogP contribution in [-0.4, -0.2) is 57.9 Å². The number of nitrogens with two attached hydrogens (primary N) is 1. The van der Waals surface area contributed by atoms with Gasteiger partial charge in [0.1, 0.15) is 22.9 Å². The molecule has 0 aliphatic carbocycles. The zero-order chi connectivity index (χ0) is 23.1. The van der Waals surface area contributed by atoms with Crippen molar-refractivity contribution in [1.82, 2.24) is 9.55 Å². The minimum atomic E-state index is -5.68. The van der Waals surface area contributed by atoms with Crippen LogP contribution < -0.4 is 5.73 Å². The van der Waals surface area contributed by atoms with Crippen molar-refractivity contribution in [3.05, 3.63) is 17.0 Å². The topological polar surface area (TPSA) is 233 Å². The second-order valence-corrected chi connectivity index (χ2v) is 11.7. The van der Waals surface area contributed by atoms with Gasteiger partial charge in [-0.3, -0.25) is 9.09 Å². The summed E-state index contributed by atoms with van der Waals surface area (Å²) in [6, 6.07) is 1.39. The summed E-state index contributed by atoms with van der Waals surface area (Å²) in [5, 5.41) is 10.4. The molecular weight excluding hydrogens is 515 g/mol. The molecule has 6 atom stereocenters. The molecule has 1 saturated heterocycles. The minimum absolute atomic E-state index is 0.0346. The van der Waals surface area contributed by atoms with Gasteiger partial charge in [-0.05, 0) is 25.2 Å². The highest BCUT2D eigenvalue weighted by Crippen LogP contribution is 2.66. The monoisotopic (exact) mass is 531 g/mol. The lowest BCUT2D eigenvalue weighted by Crippen LogP contribution is -2.40. The van der Waals surface area contributed by atoms with E-state index in [0.29, 0.717) is 0 Å². The van der Waals surface area contributed by atoms with Crippen molar-refractivity contribution in [2.24, 2.45) is 0 Å². The first-order valence-electron chi connectivity index (χ1n) is 7.59. The highest BCUT2D eigenvalue weighted by atomic mass is 35.5. The van der Waals surface area contributed by atoms with Crippen LogP contribution in [0.1, 0.15) is 13.2 Å². The van der Waals surface area contributed by atoms with Crippen molar-refractivity contribution < 1.29 is 56.3 Å². The third kappa shape index (κ3) is 6.61. The Balaban J connectivity index is 2.12. The highest BCUT2D eigenvalue weighted by Gasteiger charge is 2.54. The first kappa shape index (κ1) is 26.0. The van der Waals surface area contributed by atoms with Gasteiger partial charge in [0.15, 0.2) is 6.23 Å². The van der Waals surface area contributed by atoms with E-state index in [-0.39, 0.29) is 10.6 Å². The van der Waals surface area contributed by atoms with Gasteiger partial charge in [0.05, 0.1) is 6.61 Å². The summed E-state index contributed by atoms with van der Waals surface area (Å²) in [6.45, 7) is 0.492. The first-order valence-corrected chi connectivity index (χ1v) is 12.9. The highest BCUT2D eigenvalue weighted by molar-refractivity contribution is 7.71. The summed E-state index contributed by atoms with van der Waals surface area (Å²) >= 11 is 11.4. The molecule has 15 nitrogen and oxygen atoms in total. The van der Waals surface area contributed by atoms with Crippen LogP contribution in [0.4, 0.5) is 5.82 Å². The Bertz CT molecular complexity index is 1000. The summed E-state index contributed by atoms with van der Waals surface area (Å²) in [5.74, 6) is 0.121. The van der Waals surface area contributed by atoms with Crippen molar-refractivity contribution in [2.45, 2.75) is 30.2 Å². The van der Waals surface area contributed by atoms with E-state index in [9.17, 15) is 23.7 Å². The molecule has 2 rings (SSSR count). The Labute approximate surface area is 178 Å². The van der Waals surface area contributed by atoms with Gasteiger partial charge in [0, 0.05) is 6.20 Å². The number of ether oxygens (including phenoxy) is 1. The fourth-order valence-corrected chi connectivity index (χ4v) is 6.01. The normalized spacial score (nSPS) is 31.2. The Kier molecular flexibility index (Phi) is 7.73. The molecule has 172 valence electrons. The zero-order valence-corrected chi connectivity index (χ0v) is 19.0. The number of hydrogen-bond acceptors (Lipinski definition) is 11. The molecular formula is C10H17ClN3O12P3S. The number of halogens is 1. The van der Waals surface area contributed by atoms with E-state index in [2.05, 4.69) is 18.1 Å². The lowest BCUT2D eigenvalue weighted by Gasteiger charge is -2.27. The number of nitrogen functional groups attached to an aromatic ring is 1. The van der Waals surface area contributed by atoms with Gasteiger partial charge < -0.3 is 35.2 Å². The number of aromatic nitrogens is 2. The quantitative estimate of drug-likeness (QED) is 0.154. The van der Waals surface area contributed by atoms with Gasteiger partial charge in [-0.2, -0.15) is 8.62 Å². The molecule has 0 spiro atoms. The average Bonchev–Trinajstić information content (AvgIpc) is 2.73. The van der Waals surface area contributed by atoms with Gasteiger partial charge in [-0.15, -0.1) is 11.6 Å². The fraction of sp³-hybridized carbons (Fsp3) is 0.600. The van der Waals surface area contributed by atoms with E-state index in [1.165, 1.54) is 23.8 Å². The number of aliphatic hydroxyl groups is 1. The van der Waals surface area contributed by atoms with E-state index in [1.54, 1.807) is 0 Å². The fourth-order valence-electron chi connectivity index (χ4n) is 2.43. The summed E-state index contributed by atoms with van der Waals surface area (Å²) in [7, 11) is -16.6. The number of phosphoric acid groups is 3. The smallest absolute Gasteiger partial charge is 0.388 e. The lowest BCUT2D eigenvalue weighted by molar-refractivity contribution is -0.0453. The van der Waals surface area contributed by atoms with Crippen LogP contribution in [0, 0.1) is 4.77 Å². The second kappa shape index (κ2) is 8.93. The molecule has 1 aromatic heterocycles. The molecule has 0 bridgehead atoms. The third-order valence-electron chi connectivity index (χ3n) is 3.64. The van der Waals surface area contributed by atoms with Crippen LogP contribution >= 0.6 is 47.3 Å². The minimum Gasteiger partial charge on any atom is -0.388 e. The van der Waals surface area contributed by atoms with Gasteiger partial charge in [-0.1, -0.05) is 0 Å². The number of anilines is 1. The molecule has 1 aromatic rings. The standard InChI is InChI=1S/C10H17ClN3O12P3S/c1-10(11)7(15)5(24-8(10)14-3-2-6(12)13-9(14)30)4-23-28(19,20)26-29(21,22)25-27(16,17)18/h2-3,5,7-8,15H,4H2,1H3,(H,19,20)(H,21,22)(H2,12,13,30)(H2,16,17,18)/t5-,7+,8-,10?/m1/s1. The summed E-state index contributed by atoms with van der Waals surface area (Å²) < 4.78 is 52.2. The van der Waals surface area contributed by atoms with Crippen molar-refractivity contribution in [2.75, 3.05) is 12.3 Å². The first-order chi connectivity index (χ1) is 13.4. The Hall–Kier alpha value is -0.280. The molecule has 1 aliphatic rings. The second-order valence-electron chi connectivity index (χ2n) is 6.05. The lowest BCUT2D eigenvalue weighted by atomic mass is 10.0. The Morgan fingerprint density at radius 3 is 2.43 bits per heavy atom. The average molecular weight is 532 g/mol. The van der Waals surface area contributed by atoms with E-state index in [4.69, 9.17) is 49.0 Å². The third-order valence-corrected chi connectivity index (χ3v) is 8.15. The molecule has 0 radical (unpaired) electrons. The maximum absolute atomic E-state index is 11.8. The van der Waals surface area contributed by atoms with Crippen LogP contribution in [0.2, 0.25) is 0 Å². The van der Waals surface area contributed by atoms with Gasteiger partial charge >= 0.3 is 23.5 Å². The molecule has 0 saturated carbocycles. The molecule has 1 fully saturated rings. The van der Waals surface area contributed by atoms with E-state index in [0.717, 1.165) is 0 Å². The molecule has 0 amide bonds. The van der Waals surface area contributed by atoms with Crippen molar-refractivity contribution in [3.63, 3.8) is 0 Å². The summed E-state index contributed by atoms with van der Waals surface area (Å²) in [6.07, 6.45) is -2.59. The molecule has 20 heteroatoms. The van der Waals surface area contributed by atoms with Gasteiger partial charge in [0.25, 0.3) is 0 Å². The summed E-state index contributed by atoms with van der Waals surface area (Å²) in [5.41, 5.74) is 5.52. The van der Waals surface area contributed by atoms with E-state index in [1.807, 2.05) is 0 Å². The largest absolute Gasteiger partial charge is 0.490 e. The number of rotatable bonds is 8. The Morgan fingerprint density at radius 2 is 1.90 bits per heavy atom. The van der Waals surface area contributed by atoms with Crippen LogP contribution in [0.25, 0.3) is 0 Å². The number of hydrogen-bond donors (Lipinski definition) is 6. The maximum atomic E-state index is 11.8. The predicted molar refractivity (Wildman–Crippen MR) is 101 cm³/mol. The van der Waals surface area contributed by atoms with Crippen LogP contribution in [0.15, 0.2) is 12.3 Å². The van der Waals surface area contributed by atoms with Gasteiger partial charge in [-0.25, -0.2) is 18.7 Å². The molecule has 3 unspecified atom stereocenters. The number of alkyl halides is 1. The number of aliphatic hydroxyl groups excluding tert-OH is 1.